The molecule has 1 saturated heterocycles. The van der Waals surface area contributed by atoms with Crippen molar-refractivity contribution in [2.75, 3.05) is 48.7 Å². The Morgan fingerprint density at radius 1 is 1.31 bits per heavy atom. The van der Waals surface area contributed by atoms with E-state index in [-0.39, 0.29) is 5.91 Å². The van der Waals surface area contributed by atoms with Gasteiger partial charge in [0.1, 0.15) is 13.1 Å². The van der Waals surface area contributed by atoms with Crippen LogP contribution in [0.1, 0.15) is 13.8 Å². The van der Waals surface area contributed by atoms with Gasteiger partial charge in [0, 0.05) is 12.6 Å². The maximum absolute atomic E-state index is 12.5. The molecule has 1 fully saturated rings. The first-order valence-corrected chi connectivity index (χ1v) is 10.6. The van der Waals surface area contributed by atoms with Crippen molar-refractivity contribution in [3.8, 4) is 0 Å². The summed E-state index contributed by atoms with van der Waals surface area (Å²) in [5.41, 5.74) is 0. The van der Waals surface area contributed by atoms with Gasteiger partial charge in [0.25, 0.3) is 5.82 Å². The van der Waals surface area contributed by atoms with Gasteiger partial charge in [-0.25, -0.2) is 4.98 Å². The second-order valence-corrected chi connectivity index (χ2v) is 8.75. The average Bonchev–Trinajstić information content (AvgIpc) is 3.13. The molecule has 26 heavy (non-hydrogen) atoms. The monoisotopic (exact) mass is 393 g/mol. The minimum atomic E-state index is 0.165. The van der Waals surface area contributed by atoms with Crippen LogP contribution >= 0.6 is 23.1 Å². The van der Waals surface area contributed by atoms with E-state index in [9.17, 15) is 4.79 Å². The zero-order valence-corrected chi connectivity index (χ0v) is 16.8. The van der Waals surface area contributed by atoms with Crippen LogP contribution in [0.4, 0.5) is 10.9 Å². The zero-order valence-electron chi connectivity index (χ0n) is 15.1. The van der Waals surface area contributed by atoms with E-state index in [0.29, 0.717) is 11.7 Å². The molecule has 0 atom stereocenters. The van der Waals surface area contributed by atoms with Gasteiger partial charge in [-0.15, -0.1) is 10.2 Å². The molecule has 1 aliphatic heterocycles. The van der Waals surface area contributed by atoms with Crippen LogP contribution in [0.2, 0.25) is 0 Å². The van der Waals surface area contributed by atoms with Gasteiger partial charge in [-0.05, 0) is 12.0 Å². The Balaban J connectivity index is 1.42. The topological polar surface area (TPSA) is 75.5 Å². The molecule has 9 heteroatoms. The van der Waals surface area contributed by atoms with Gasteiger partial charge < -0.3 is 10.2 Å². The fourth-order valence-electron chi connectivity index (χ4n) is 2.62. The van der Waals surface area contributed by atoms with Crippen molar-refractivity contribution in [1.29, 1.82) is 0 Å². The molecule has 2 N–H and O–H groups in total. The van der Waals surface area contributed by atoms with Gasteiger partial charge in [-0.3, -0.25) is 9.69 Å². The normalized spacial score (nSPS) is 14.7. The number of H-pyrrole nitrogens is 1. The maximum atomic E-state index is 12.5. The molecule has 0 spiro atoms. The van der Waals surface area contributed by atoms with Gasteiger partial charge in [-0.1, -0.05) is 43.0 Å². The first-order valence-electron chi connectivity index (χ1n) is 8.81. The van der Waals surface area contributed by atoms with Gasteiger partial charge in [0.15, 0.2) is 4.34 Å². The van der Waals surface area contributed by atoms with Crippen molar-refractivity contribution in [3.05, 3.63) is 24.4 Å². The number of piperazine rings is 1. The first kappa shape index (κ1) is 18.9. The highest BCUT2D eigenvalue weighted by molar-refractivity contribution is 8.01. The van der Waals surface area contributed by atoms with E-state index in [1.165, 1.54) is 23.1 Å². The Bertz CT molecular complexity index is 700. The van der Waals surface area contributed by atoms with Crippen molar-refractivity contribution in [2.45, 2.75) is 18.2 Å². The maximum Gasteiger partial charge on any atom is 0.274 e. The largest absolute Gasteiger partial charge is 0.360 e. The van der Waals surface area contributed by atoms with E-state index >= 15 is 0 Å². The first-order chi connectivity index (χ1) is 12.6. The van der Waals surface area contributed by atoms with Gasteiger partial charge in [-0.2, -0.15) is 0 Å². The number of thioether (sulfide) groups is 1. The van der Waals surface area contributed by atoms with E-state index in [2.05, 4.69) is 45.3 Å². The minimum absolute atomic E-state index is 0.165. The lowest BCUT2D eigenvalue weighted by Gasteiger charge is -2.30. The molecule has 0 bridgehead atoms. The lowest BCUT2D eigenvalue weighted by atomic mass is 10.2. The molecule has 3 heterocycles. The number of nitrogens with one attached hydrogen (secondary N) is 2. The Morgan fingerprint density at radius 2 is 2.12 bits per heavy atom. The highest BCUT2D eigenvalue weighted by atomic mass is 32.2. The van der Waals surface area contributed by atoms with Crippen molar-refractivity contribution < 1.29 is 9.78 Å². The molecule has 0 radical (unpaired) electrons. The smallest absolute Gasteiger partial charge is 0.274 e. The summed E-state index contributed by atoms with van der Waals surface area (Å²) in [6, 6.07) is 6.05. The molecule has 140 valence electrons. The summed E-state index contributed by atoms with van der Waals surface area (Å²) >= 11 is 2.98. The van der Waals surface area contributed by atoms with E-state index in [0.717, 1.165) is 48.0 Å². The Hall–Kier alpha value is -1.87. The third kappa shape index (κ3) is 5.31. The summed E-state index contributed by atoms with van der Waals surface area (Å²) in [5.74, 6) is 2.24. The van der Waals surface area contributed by atoms with Crippen molar-refractivity contribution >= 4 is 40.0 Å². The van der Waals surface area contributed by atoms with Crippen LogP contribution in [-0.4, -0.2) is 59.5 Å². The molecular weight excluding hydrogens is 368 g/mol. The summed E-state index contributed by atoms with van der Waals surface area (Å²) in [4.78, 5) is 19.9. The Kier molecular flexibility index (Phi) is 6.67. The lowest BCUT2D eigenvalue weighted by Crippen LogP contribution is -2.50. The third-order valence-electron chi connectivity index (χ3n) is 4.05. The van der Waals surface area contributed by atoms with Crippen molar-refractivity contribution in [3.63, 3.8) is 0 Å². The fraction of sp³-hybridized carbons (Fsp3) is 0.529. The number of carbonyl (C=O) groups excluding carboxylic acids is 1. The molecular formula is C17H25N6OS2+. The highest BCUT2D eigenvalue weighted by Gasteiger charge is 2.26. The molecule has 2 aromatic heterocycles. The second kappa shape index (κ2) is 9.18. The van der Waals surface area contributed by atoms with Gasteiger partial charge in [0.05, 0.1) is 25.0 Å². The number of amides is 1. The second-order valence-electron chi connectivity index (χ2n) is 6.55. The lowest BCUT2D eigenvalue weighted by molar-refractivity contribution is -0.364. The number of rotatable bonds is 7. The molecule has 0 unspecified atom stereocenters. The number of hydrogen-bond donors (Lipinski definition) is 1. The summed E-state index contributed by atoms with van der Waals surface area (Å²) < 4.78 is 0.835. The molecule has 0 saturated carbocycles. The summed E-state index contributed by atoms with van der Waals surface area (Å²) in [6.07, 6.45) is 1.93. The van der Waals surface area contributed by atoms with Crippen LogP contribution in [0.3, 0.4) is 0 Å². The number of aromatic amines is 1. The van der Waals surface area contributed by atoms with Gasteiger partial charge >= 0.3 is 0 Å². The van der Waals surface area contributed by atoms with E-state index in [1.807, 2.05) is 23.2 Å². The fourth-order valence-corrected chi connectivity index (χ4v) is 4.28. The highest BCUT2D eigenvalue weighted by Crippen LogP contribution is 2.26. The van der Waals surface area contributed by atoms with Crippen LogP contribution in [-0.2, 0) is 4.79 Å². The predicted octanol–water partition coefficient (Wildman–Crippen LogP) is 1.86. The Morgan fingerprint density at radius 3 is 2.81 bits per heavy atom. The number of anilines is 2. The molecule has 2 aromatic rings. The number of aromatic nitrogens is 3. The van der Waals surface area contributed by atoms with Crippen LogP contribution < -0.4 is 15.2 Å². The summed E-state index contributed by atoms with van der Waals surface area (Å²) in [5, 5.41) is 12.4. The summed E-state index contributed by atoms with van der Waals surface area (Å²) in [7, 11) is 0. The summed E-state index contributed by atoms with van der Waals surface area (Å²) in [6.45, 7) is 8.37. The standard InChI is InChI=1S/C17H24N6OS2/c1-13(2)11-19-16-20-21-17(26-16)25-12-15(24)23-9-7-22(8-10-23)14-5-3-4-6-18-14/h3-6,13H,7-12H2,1-2H3,(H,19,20)/p+1. The molecule has 3 rings (SSSR count). The predicted molar refractivity (Wildman–Crippen MR) is 106 cm³/mol. The SMILES string of the molecule is CC(C)CNc1nnc(SCC(=O)N2CCN(c3cccc[nH+]3)CC2)s1. The van der Waals surface area contributed by atoms with Crippen LogP contribution in [0.15, 0.2) is 28.7 Å². The molecule has 1 amide bonds. The van der Waals surface area contributed by atoms with Gasteiger partial charge in [0.2, 0.25) is 11.0 Å². The minimum Gasteiger partial charge on any atom is -0.360 e. The molecule has 0 aliphatic carbocycles. The third-order valence-corrected chi connectivity index (χ3v) is 6.05. The zero-order chi connectivity index (χ0) is 18.4. The molecule has 7 nitrogen and oxygen atoms in total. The Labute approximate surface area is 162 Å². The van der Waals surface area contributed by atoms with E-state index in [1.54, 1.807) is 0 Å². The molecule has 1 aliphatic rings. The molecule has 0 aromatic carbocycles. The van der Waals surface area contributed by atoms with Crippen molar-refractivity contribution in [1.82, 2.24) is 15.1 Å². The average molecular weight is 394 g/mol. The van der Waals surface area contributed by atoms with Crippen LogP contribution in [0, 0.1) is 5.92 Å². The number of hydrogen-bond acceptors (Lipinski definition) is 7. The van der Waals surface area contributed by atoms with Crippen molar-refractivity contribution in [2.24, 2.45) is 5.92 Å². The quantitative estimate of drug-likeness (QED) is 0.724. The van der Waals surface area contributed by atoms with Crippen LogP contribution in [0.5, 0.6) is 0 Å². The number of nitrogens with zero attached hydrogens (tertiary/aromatic N) is 4. The van der Waals surface area contributed by atoms with E-state index in [4.69, 9.17) is 0 Å². The van der Waals surface area contributed by atoms with E-state index < -0.39 is 0 Å². The number of pyridine rings is 1. The number of carbonyl (C=O) groups is 1. The van der Waals surface area contributed by atoms with Crippen LogP contribution in [0.25, 0.3) is 0 Å².